The molecule has 0 amide bonds. The summed E-state index contributed by atoms with van der Waals surface area (Å²) in [7, 11) is -4.36. The molecule has 1 atom stereocenters. The van der Waals surface area contributed by atoms with E-state index in [4.69, 9.17) is 9.84 Å². The van der Waals surface area contributed by atoms with Gasteiger partial charge >= 0.3 is 12.1 Å². The summed E-state index contributed by atoms with van der Waals surface area (Å²) in [4.78, 5) is 10.4. The summed E-state index contributed by atoms with van der Waals surface area (Å²) in [5.41, 5.74) is 0. The highest BCUT2D eigenvalue weighted by atomic mass is 32.2. The average molecular weight is 308 g/mol. The normalized spacial score (nSPS) is 14.3. The number of carbonyl (C=O) groups is 1. The fourth-order valence-corrected chi connectivity index (χ4v) is 1.91. The smallest absolute Gasteiger partial charge is 0.402 e. The number of carboxylic acid groups (broad SMARTS) is 1. The van der Waals surface area contributed by atoms with Crippen molar-refractivity contribution in [3.63, 3.8) is 0 Å². The molecule has 0 aliphatic rings. The van der Waals surface area contributed by atoms with Crippen molar-refractivity contribution in [3.8, 4) is 0 Å². The van der Waals surface area contributed by atoms with Crippen molar-refractivity contribution in [3.05, 3.63) is 0 Å². The summed E-state index contributed by atoms with van der Waals surface area (Å²) in [6.45, 7) is -0.422. The zero-order chi connectivity index (χ0) is 15.1. The van der Waals surface area contributed by atoms with Gasteiger partial charge in [0, 0.05) is 13.2 Å². The summed E-state index contributed by atoms with van der Waals surface area (Å²) >= 11 is 0. The van der Waals surface area contributed by atoms with Gasteiger partial charge in [-0.25, -0.2) is 0 Å². The third kappa shape index (κ3) is 10.7. The van der Waals surface area contributed by atoms with Gasteiger partial charge in [-0.15, -0.1) is 0 Å². The largest absolute Gasteiger partial charge is 0.481 e. The lowest BCUT2D eigenvalue weighted by Crippen LogP contribution is -2.44. The molecule has 0 saturated heterocycles. The van der Waals surface area contributed by atoms with Crippen LogP contribution in [0.1, 0.15) is 13.3 Å². The molecule has 114 valence electrons. The summed E-state index contributed by atoms with van der Waals surface area (Å²) in [5, 5.41) is 8.53. The van der Waals surface area contributed by atoms with E-state index < -0.39 is 48.0 Å². The lowest BCUT2D eigenvalue weighted by atomic mass is 10.2. The molecule has 11 heteroatoms. The maximum Gasteiger partial charge on any atom is 0.402 e. The number of hydrogen-bond donors (Lipinski definition) is 3. The molecule has 0 aromatic carbocycles. The summed E-state index contributed by atoms with van der Waals surface area (Å²) in [6.07, 6.45) is -6.09. The Balaban J connectivity index is 4.29. The second-order valence-electron chi connectivity index (χ2n) is 3.46. The predicted octanol–water partition coefficient (Wildman–Crippen LogP) is -0.147. The Kier molecular flexibility index (Phi) is 7.26. The molecular weight excluding hydrogens is 293 g/mol. The first-order valence-electron chi connectivity index (χ1n) is 5.20. The van der Waals surface area contributed by atoms with Crippen LogP contribution in [0.3, 0.4) is 0 Å². The van der Waals surface area contributed by atoms with E-state index in [1.807, 2.05) is 0 Å². The minimum Gasteiger partial charge on any atom is -0.481 e. The van der Waals surface area contributed by atoms with E-state index in [9.17, 15) is 26.4 Å². The number of alkyl halides is 3. The minimum absolute atomic E-state index is 0.148. The van der Waals surface area contributed by atoms with Gasteiger partial charge in [-0.2, -0.15) is 31.0 Å². The summed E-state index contributed by atoms with van der Waals surface area (Å²) in [5.74, 6) is -1.21. The van der Waals surface area contributed by atoms with Gasteiger partial charge in [-0.05, 0) is 6.92 Å². The van der Waals surface area contributed by atoms with Crippen LogP contribution < -0.4 is 9.44 Å². The predicted molar refractivity (Wildman–Crippen MR) is 58.6 cm³/mol. The Morgan fingerprint density at radius 3 is 2.37 bits per heavy atom. The molecule has 0 aliphatic heterocycles. The summed E-state index contributed by atoms with van der Waals surface area (Å²) < 4.78 is 65.8. The Morgan fingerprint density at radius 2 is 1.95 bits per heavy atom. The van der Waals surface area contributed by atoms with E-state index in [0.717, 1.165) is 0 Å². The molecule has 0 fully saturated rings. The van der Waals surface area contributed by atoms with Crippen LogP contribution in [0.4, 0.5) is 13.2 Å². The number of hydrogen-bond acceptors (Lipinski definition) is 4. The van der Waals surface area contributed by atoms with Crippen LogP contribution in [0.2, 0.25) is 0 Å². The van der Waals surface area contributed by atoms with Gasteiger partial charge in [-0.3, -0.25) is 4.79 Å². The van der Waals surface area contributed by atoms with Crippen molar-refractivity contribution in [2.45, 2.75) is 25.6 Å². The molecular formula is C8H15F3N2O5S. The second kappa shape index (κ2) is 7.62. The van der Waals surface area contributed by atoms with Crippen LogP contribution in [-0.2, 0) is 19.7 Å². The van der Waals surface area contributed by atoms with Crippen LogP contribution in [-0.4, -0.2) is 51.5 Å². The molecule has 0 saturated carbocycles. The van der Waals surface area contributed by atoms with Gasteiger partial charge in [0.2, 0.25) is 0 Å². The standard InChI is InChI=1S/C8H15F3N2O5S/c1-2-18-6(3-7(14)15)4-12-19(16,17)13-5-8(9,10)11/h6,12-13H,2-5H2,1H3,(H,14,15). The van der Waals surface area contributed by atoms with Crippen LogP contribution >= 0.6 is 0 Å². The quantitative estimate of drug-likeness (QED) is 0.549. The number of nitrogens with one attached hydrogen (secondary N) is 2. The lowest BCUT2D eigenvalue weighted by molar-refractivity contribution is -0.140. The van der Waals surface area contributed by atoms with E-state index in [-0.39, 0.29) is 6.61 Å². The van der Waals surface area contributed by atoms with Gasteiger partial charge in [0.25, 0.3) is 10.2 Å². The molecule has 0 aromatic rings. The Hall–Kier alpha value is -0.910. The number of carboxylic acids is 1. The number of ether oxygens (including phenoxy) is 1. The van der Waals surface area contributed by atoms with Crippen molar-refractivity contribution in [1.82, 2.24) is 9.44 Å². The van der Waals surface area contributed by atoms with Gasteiger partial charge in [-0.1, -0.05) is 0 Å². The van der Waals surface area contributed by atoms with Crippen molar-refractivity contribution >= 4 is 16.2 Å². The Bertz CT molecular complexity index is 384. The molecule has 0 aromatic heterocycles. The minimum atomic E-state index is -4.67. The highest BCUT2D eigenvalue weighted by Gasteiger charge is 2.29. The number of halogens is 3. The Morgan fingerprint density at radius 1 is 1.37 bits per heavy atom. The van der Waals surface area contributed by atoms with Gasteiger partial charge in [0.15, 0.2) is 0 Å². The van der Waals surface area contributed by atoms with Gasteiger partial charge < -0.3 is 9.84 Å². The average Bonchev–Trinajstić information content (AvgIpc) is 2.22. The fourth-order valence-electron chi connectivity index (χ4n) is 1.05. The van der Waals surface area contributed by atoms with E-state index in [2.05, 4.69) is 0 Å². The zero-order valence-corrected chi connectivity index (χ0v) is 10.8. The van der Waals surface area contributed by atoms with Crippen LogP contribution in [0.15, 0.2) is 0 Å². The highest BCUT2D eigenvalue weighted by Crippen LogP contribution is 2.12. The maximum absolute atomic E-state index is 11.8. The van der Waals surface area contributed by atoms with Gasteiger partial charge in [0.1, 0.15) is 6.54 Å². The molecule has 7 nitrogen and oxygen atoms in total. The van der Waals surface area contributed by atoms with E-state index in [1.165, 1.54) is 4.72 Å². The first-order chi connectivity index (χ1) is 8.56. The molecule has 0 heterocycles. The molecule has 0 rings (SSSR count). The molecule has 19 heavy (non-hydrogen) atoms. The zero-order valence-electron chi connectivity index (χ0n) is 10.0. The fraction of sp³-hybridized carbons (Fsp3) is 0.875. The van der Waals surface area contributed by atoms with Gasteiger partial charge in [0.05, 0.1) is 12.5 Å². The molecule has 0 spiro atoms. The molecule has 3 N–H and O–H groups in total. The molecule has 0 bridgehead atoms. The third-order valence-corrected chi connectivity index (χ3v) is 2.84. The first-order valence-corrected chi connectivity index (χ1v) is 6.68. The second-order valence-corrected chi connectivity index (χ2v) is 5.05. The molecule has 1 unspecified atom stereocenters. The van der Waals surface area contributed by atoms with E-state index >= 15 is 0 Å². The SMILES string of the molecule is CCOC(CNS(=O)(=O)NCC(F)(F)F)CC(=O)O. The van der Waals surface area contributed by atoms with Crippen molar-refractivity contribution in [1.29, 1.82) is 0 Å². The summed E-state index contributed by atoms with van der Waals surface area (Å²) in [6, 6.07) is 0. The molecule has 0 aliphatic carbocycles. The topological polar surface area (TPSA) is 105 Å². The maximum atomic E-state index is 11.8. The third-order valence-electron chi connectivity index (χ3n) is 1.77. The van der Waals surface area contributed by atoms with E-state index in [0.29, 0.717) is 0 Å². The first kappa shape index (κ1) is 18.1. The highest BCUT2D eigenvalue weighted by molar-refractivity contribution is 7.87. The number of rotatable bonds is 9. The van der Waals surface area contributed by atoms with Crippen molar-refractivity contribution in [2.75, 3.05) is 19.7 Å². The van der Waals surface area contributed by atoms with Crippen LogP contribution in [0, 0.1) is 0 Å². The van der Waals surface area contributed by atoms with Crippen molar-refractivity contribution < 1.29 is 36.2 Å². The van der Waals surface area contributed by atoms with Crippen LogP contribution in [0.5, 0.6) is 0 Å². The van der Waals surface area contributed by atoms with E-state index in [1.54, 1.807) is 11.6 Å². The van der Waals surface area contributed by atoms with Crippen LogP contribution in [0.25, 0.3) is 0 Å². The van der Waals surface area contributed by atoms with Crippen molar-refractivity contribution in [2.24, 2.45) is 0 Å². The Labute approximate surface area is 108 Å². The molecule has 0 radical (unpaired) electrons. The number of aliphatic carboxylic acids is 1. The monoisotopic (exact) mass is 308 g/mol. The lowest BCUT2D eigenvalue weighted by Gasteiger charge is -2.16.